The van der Waals surface area contributed by atoms with Gasteiger partial charge >= 0.3 is 0 Å². The largest absolute Gasteiger partial charge is 0.370 e. The summed E-state index contributed by atoms with van der Waals surface area (Å²) < 4.78 is 0. The first kappa shape index (κ1) is 16.5. The van der Waals surface area contributed by atoms with Crippen LogP contribution in [-0.4, -0.2) is 36.7 Å². The van der Waals surface area contributed by atoms with Gasteiger partial charge in [0, 0.05) is 6.42 Å². The van der Waals surface area contributed by atoms with Gasteiger partial charge in [0.2, 0.25) is 18.1 Å². The zero-order valence-electron chi connectivity index (χ0n) is 10.4. The van der Waals surface area contributed by atoms with Crippen molar-refractivity contribution in [3.05, 3.63) is 0 Å². The molecule has 0 fully saturated rings. The Morgan fingerprint density at radius 1 is 1.22 bits per heavy atom. The molecule has 0 aromatic carbocycles. The molecule has 2 atom stereocenters. The van der Waals surface area contributed by atoms with E-state index >= 15 is 0 Å². The van der Waals surface area contributed by atoms with E-state index in [-0.39, 0.29) is 12.8 Å². The molecular weight excluding hydrogens is 236 g/mol. The van der Waals surface area contributed by atoms with Crippen LogP contribution in [0.4, 0.5) is 0 Å². The number of unbranched alkanes of at least 4 members (excludes halogenated alkanes) is 1. The van der Waals surface area contributed by atoms with Gasteiger partial charge in [0.1, 0.15) is 0 Å². The molecule has 1 radical (unpaired) electrons. The van der Waals surface area contributed by atoms with Crippen molar-refractivity contribution in [1.82, 2.24) is 5.32 Å². The van der Waals surface area contributed by atoms with Crippen LogP contribution in [0.25, 0.3) is 0 Å². The fourth-order valence-corrected chi connectivity index (χ4v) is 1.37. The second-order valence-electron chi connectivity index (χ2n) is 4.07. The number of hydrogen-bond donors (Lipinski definition) is 4. The van der Waals surface area contributed by atoms with Gasteiger partial charge in [-0.3, -0.25) is 14.4 Å². The van der Waals surface area contributed by atoms with E-state index in [1.165, 1.54) is 0 Å². The van der Waals surface area contributed by atoms with Gasteiger partial charge in [-0.25, -0.2) is 0 Å². The minimum atomic E-state index is -0.842. The van der Waals surface area contributed by atoms with E-state index in [0.717, 1.165) is 12.8 Å². The highest BCUT2D eigenvalue weighted by atomic mass is 16.2. The summed E-state index contributed by atoms with van der Waals surface area (Å²) in [4.78, 5) is 32.7. The summed E-state index contributed by atoms with van der Waals surface area (Å²) in [6.45, 7) is 0.553. The lowest BCUT2D eigenvalue weighted by Gasteiger charge is -2.15. The van der Waals surface area contributed by atoms with Crippen molar-refractivity contribution in [3.8, 4) is 0 Å². The van der Waals surface area contributed by atoms with Gasteiger partial charge < -0.3 is 22.5 Å². The molecule has 0 bridgehead atoms. The first-order valence-corrected chi connectivity index (χ1v) is 5.93. The van der Waals surface area contributed by atoms with Crippen LogP contribution < -0.4 is 22.5 Å². The predicted molar refractivity (Wildman–Crippen MR) is 66.9 cm³/mol. The molecule has 103 valence electrons. The summed E-state index contributed by atoms with van der Waals surface area (Å²) in [5.74, 6) is -0.957. The first-order chi connectivity index (χ1) is 8.51. The van der Waals surface area contributed by atoms with Gasteiger partial charge in [0.25, 0.3) is 0 Å². The Hall–Kier alpha value is -1.47. The van der Waals surface area contributed by atoms with Crippen LogP contribution in [0.5, 0.6) is 0 Å². The van der Waals surface area contributed by atoms with E-state index in [2.05, 4.69) is 5.32 Å². The van der Waals surface area contributed by atoms with Crippen LogP contribution in [0, 0.1) is 0 Å². The number of hydrogen-bond acceptors (Lipinski definition) is 5. The Labute approximate surface area is 106 Å². The number of carbonyl (C=O) groups excluding carboxylic acids is 3. The molecule has 0 rings (SSSR count). The summed E-state index contributed by atoms with van der Waals surface area (Å²) in [5, 5.41) is 2.42. The summed E-state index contributed by atoms with van der Waals surface area (Å²) in [6, 6.07) is -1.52. The van der Waals surface area contributed by atoms with Gasteiger partial charge in [-0.1, -0.05) is 6.42 Å². The number of rotatable bonds is 10. The standard InChI is InChI=1S/C11H21N4O3/c12-6-2-1-3-9(13)11(18)15-8(7-16)4-5-10(14)17/h8-9H,1-6,12-13H2,(H2,14,17)(H,15,18)/t8-,9-/m0/s1. The maximum Gasteiger partial charge on any atom is 0.237 e. The molecule has 0 aliphatic heterocycles. The zero-order valence-corrected chi connectivity index (χ0v) is 10.4. The Morgan fingerprint density at radius 2 is 1.89 bits per heavy atom. The molecule has 2 amide bonds. The molecule has 18 heavy (non-hydrogen) atoms. The molecule has 0 spiro atoms. The number of carbonyl (C=O) groups is 2. The van der Waals surface area contributed by atoms with Crippen molar-refractivity contribution in [3.63, 3.8) is 0 Å². The second kappa shape index (κ2) is 9.55. The fraction of sp³-hybridized carbons (Fsp3) is 0.727. The van der Waals surface area contributed by atoms with Gasteiger partial charge in [-0.05, 0) is 25.8 Å². The molecule has 7 heteroatoms. The smallest absolute Gasteiger partial charge is 0.237 e. The second-order valence-corrected chi connectivity index (χ2v) is 4.07. The average molecular weight is 257 g/mol. The maximum absolute atomic E-state index is 11.6. The lowest BCUT2D eigenvalue weighted by atomic mass is 10.1. The Bertz CT molecular complexity index is 283. The van der Waals surface area contributed by atoms with Gasteiger partial charge in [0.05, 0.1) is 12.1 Å². The van der Waals surface area contributed by atoms with Crippen LogP contribution in [0.3, 0.4) is 0 Å². The van der Waals surface area contributed by atoms with Crippen molar-refractivity contribution in [1.29, 1.82) is 0 Å². The minimum absolute atomic E-state index is 0.0165. The topological polar surface area (TPSA) is 141 Å². The lowest BCUT2D eigenvalue weighted by molar-refractivity contribution is -0.123. The van der Waals surface area contributed by atoms with E-state index < -0.39 is 23.9 Å². The van der Waals surface area contributed by atoms with Crippen molar-refractivity contribution >= 4 is 18.1 Å². The molecule has 7 nitrogen and oxygen atoms in total. The molecule has 0 heterocycles. The van der Waals surface area contributed by atoms with Crippen LogP contribution in [0.1, 0.15) is 32.1 Å². The Balaban J connectivity index is 4.00. The van der Waals surface area contributed by atoms with Crippen molar-refractivity contribution in [2.75, 3.05) is 6.54 Å². The normalized spacial score (nSPS) is 13.7. The summed E-state index contributed by atoms with van der Waals surface area (Å²) >= 11 is 0. The quantitative estimate of drug-likeness (QED) is 0.345. The molecule has 0 unspecified atom stereocenters. The van der Waals surface area contributed by atoms with Gasteiger partial charge in [0.15, 0.2) is 0 Å². The van der Waals surface area contributed by atoms with Crippen molar-refractivity contribution < 1.29 is 14.4 Å². The van der Waals surface area contributed by atoms with Crippen LogP contribution in [0.2, 0.25) is 0 Å². The van der Waals surface area contributed by atoms with Crippen LogP contribution in [0.15, 0.2) is 0 Å². The molecule has 0 saturated heterocycles. The number of amides is 2. The van der Waals surface area contributed by atoms with Gasteiger partial charge in [-0.15, -0.1) is 0 Å². The zero-order chi connectivity index (χ0) is 14.0. The van der Waals surface area contributed by atoms with E-state index in [4.69, 9.17) is 17.2 Å². The molecule has 0 aromatic rings. The van der Waals surface area contributed by atoms with E-state index in [9.17, 15) is 14.4 Å². The minimum Gasteiger partial charge on any atom is -0.370 e. The highest BCUT2D eigenvalue weighted by molar-refractivity contribution is 5.84. The summed E-state index contributed by atoms with van der Waals surface area (Å²) in [7, 11) is 0. The summed E-state index contributed by atoms with van der Waals surface area (Å²) in [6.07, 6.45) is 3.85. The third kappa shape index (κ3) is 7.75. The average Bonchev–Trinajstić information content (AvgIpc) is 2.34. The molecule has 0 aliphatic rings. The number of nitrogens with one attached hydrogen (secondary N) is 1. The van der Waals surface area contributed by atoms with Crippen LogP contribution >= 0.6 is 0 Å². The molecule has 0 saturated carbocycles. The van der Waals surface area contributed by atoms with Crippen molar-refractivity contribution in [2.24, 2.45) is 17.2 Å². The van der Waals surface area contributed by atoms with E-state index in [1.54, 1.807) is 6.29 Å². The molecule has 7 N–H and O–H groups in total. The molecular formula is C11H21N4O3. The predicted octanol–water partition coefficient (Wildman–Crippen LogP) is -1.70. The lowest BCUT2D eigenvalue weighted by Crippen LogP contribution is -2.46. The third-order valence-corrected chi connectivity index (χ3v) is 2.44. The fourth-order valence-electron chi connectivity index (χ4n) is 1.37. The Morgan fingerprint density at radius 3 is 2.39 bits per heavy atom. The summed E-state index contributed by atoms with van der Waals surface area (Å²) in [5.41, 5.74) is 15.9. The highest BCUT2D eigenvalue weighted by Crippen LogP contribution is 2.00. The van der Waals surface area contributed by atoms with E-state index in [0.29, 0.717) is 13.0 Å². The number of primary amides is 1. The van der Waals surface area contributed by atoms with E-state index in [1.807, 2.05) is 0 Å². The highest BCUT2D eigenvalue weighted by Gasteiger charge is 2.18. The molecule has 0 aromatic heterocycles. The van der Waals surface area contributed by atoms with Crippen molar-refractivity contribution in [2.45, 2.75) is 44.2 Å². The third-order valence-electron chi connectivity index (χ3n) is 2.44. The maximum atomic E-state index is 11.6. The van der Waals surface area contributed by atoms with Gasteiger partial charge in [-0.2, -0.15) is 0 Å². The Kier molecular flexibility index (Phi) is 8.77. The number of nitrogens with two attached hydrogens (primary N) is 3. The molecule has 0 aliphatic carbocycles. The SMILES string of the molecule is NCCCC[C@H](N)C(=O)N[C@H]([C]=O)CCC(N)=O. The first-order valence-electron chi connectivity index (χ1n) is 5.93. The van der Waals surface area contributed by atoms with Crippen LogP contribution in [-0.2, 0) is 14.4 Å². The monoisotopic (exact) mass is 257 g/mol.